The Morgan fingerprint density at radius 1 is 0.933 bits per heavy atom. The third kappa shape index (κ3) is 5.73. The molecule has 1 heterocycles. The summed E-state index contributed by atoms with van der Waals surface area (Å²) in [6.45, 7) is 11.1. The van der Waals surface area contributed by atoms with E-state index >= 15 is 0 Å². The van der Waals surface area contributed by atoms with Gasteiger partial charge in [-0.2, -0.15) is 0 Å². The summed E-state index contributed by atoms with van der Waals surface area (Å²) >= 11 is 0. The number of nitrogens with zero attached hydrogens (tertiary/aromatic N) is 1. The summed E-state index contributed by atoms with van der Waals surface area (Å²) in [4.78, 5) is 2.53. The Balaban J connectivity index is 1.23. The fourth-order valence-corrected chi connectivity index (χ4v) is 8.00. The molecule has 0 radical (unpaired) electrons. The normalized spacial score (nSPS) is 35.3. The Labute approximate surface area is 268 Å². The Morgan fingerprint density at radius 3 is 2.51 bits per heavy atom. The van der Waals surface area contributed by atoms with Crippen molar-refractivity contribution in [3.8, 4) is 0 Å². The predicted octanol–water partition coefficient (Wildman–Crippen LogP) is 10.3. The molecule has 3 nitrogen and oxygen atoms in total. The van der Waals surface area contributed by atoms with E-state index in [1.807, 2.05) is 0 Å². The van der Waals surface area contributed by atoms with E-state index in [1.165, 1.54) is 22.4 Å². The molecule has 0 amide bonds. The Bertz CT molecular complexity index is 1610. The van der Waals surface area contributed by atoms with E-state index in [4.69, 9.17) is 9.47 Å². The van der Waals surface area contributed by atoms with Crippen LogP contribution >= 0.6 is 0 Å². The number of halogens is 1. The van der Waals surface area contributed by atoms with Crippen molar-refractivity contribution in [3.63, 3.8) is 0 Å². The van der Waals surface area contributed by atoms with Crippen molar-refractivity contribution in [3.05, 3.63) is 131 Å². The molecular weight excluding hydrogens is 557 g/mol. The predicted molar refractivity (Wildman–Crippen MR) is 183 cm³/mol. The SMILES string of the molecule is CC1C=CC2=C(C1)OC1(C)C=CC(N(c3ccc(C4=CC=CCC4C)cc3)C3CCC(C4C=CC(F)=CC4C)=CC3C)=CC1O2. The maximum absolute atomic E-state index is 13.9. The minimum Gasteiger partial charge on any atom is -0.480 e. The molecule has 1 aliphatic heterocycles. The van der Waals surface area contributed by atoms with Gasteiger partial charge in [-0.25, -0.2) is 4.39 Å². The number of fused-ring (bicyclic) bond motifs is 1. The highest BCUT2D eigenvalue weighted by Gasteiger charge is 2.44. The van der Waals surface area contributed by atoms with Gasteiger partial charge in [0.25, 0.3) is 0 Å². The number of hydrogen-bond acceptors (Lipinski definition) is 3. The minimum atomic E-state index is -0.544. The maximum atomic E-state index is 13.9. The molecule has 7 rings (SSSR count). The Kier molecular flexibility index (Phi) is 7.88. The number of rotatable bonds is 5. The molecule has 6 aliphatic rings. The van der Waals surface area contributed by atoms with Crippen LogP contribution in [0.25, 0.3) is 5.57 Å². The number of benzene rings is 1. The summed E-state index contributed by atoms with van der Waals surface area (Å²) in [5, 5.41) is 0. The summed E-state index contributed by atoms with van der Waals surface area (Å²) in [6.07, 6.45) is 29.3. The fraction of sp³-hybridized carbons (Fsp3) is 0.415. The van der Waals surface area contributed by atoms with Crippen LogP contribution in [0.3, 0.4) is 0 Å². The second kappa shape index (κ2) is 11.9. The zero-order valence-electron chi connectivity index (χ0n) is 27.2. The molecule has 8 atom stereocenters. The average molecular weight is 604 g/mol. The third-order valence-electron chi connectivity index (χ3n) is 10.6. The van der Waals surface area contributed by atoms with E-state index in [9.17, 15) is 4.39 Å². The Hall–Kier alpha value is -3.79. The lowest BCUT2D eigenvalue weighted by molar-refractivity contribution is -0.0824. The lowest BCUT2D eigenvalue weighted by atomic mass is 9.75. The van der Waals surface area contributed by atoms with Gasteiger partial charge >= 0.3 is 0 Å². The van der Waals surface area contributed by atoms with Gasteiger partial charge in [0.2, 0.25) is 0 Å². The summed E-state index contributed by atoms with van der Waals surface area (Å²) in [7, 11) is 0. The first-order chi connectivity index (χ1) is 21.7. The van der Waals surface area contributed by atoms with Crippen LogP contribution in [0, 0.1) is 29.6 Å². The molecule has 4 heteroatoms. The van der Waals surface area contributed by atoms with Crippen LogP contribution in [0.1, 0.15) is 65.9 Å². The van der Waals surface area contributed by atoms with Gasteiger partial charge in [-0.1, -0.05) is 81.9 Å². The van der Waals surface area contributed by atoms with Gasteiger partial charge < -0.3 is 14.4 Å². The molecule has 0 saturated heterocycles. The molecular formula is C41H46FNO2. The summed E-state index contributed by atoms with van der Waals surface area (Å²) < 4.78 is 27.2. The van der Waals surface area contributed by atoms with Crippen LogP contribution < -0.4 is 4.90 Å². The average Bonchev–Trinajstić information content (AvgIpc) is 3.01. The lowest BCUT2D eigenvalue weighted by Crippen LogP contribution is -2.48. The van der Waals surface area contributed by atoms with Crippen molar-refractivity contribution in [2.75, 3.05) is 4.90 Å². The highest BCUT2D eigenvalue weighted by molar-refractivity contribution is 5.72. The van der Waals surface area contributed by atoms with Gasteiger partial charge in [0.15, 0.2) is 17.5 Å². The molecule has 5 aliphatic carbocycles. The van der Waals surface area contributed by atoms with Crippen LogP contribution in [0.4, 0.5) is 10.1 Å². The fourth-order valence-electron chi connectivity index (χ4n) is 8.00. The molecule has 0 aromatic heterocycles. The van der Waals surface area contributed by atoms with E-state index in [0.29, 0.717) is 17.8 Å². The third-order valence-corrected chi connectivity index (χ3v) is 10.6. The summed E-state index contributed by atoms with van der Waals surface area (Å²) in [5.74, 6) is 3.39. The topological polar surface area (TPSA) is 21.7 Å². The van der Waals surface area contributed by atoms with Crippen LogP contribution in [-0.2, 0) is 9.47 Å². The van der Waals surface area contributed by atoms with Gasteiger partial charge in [-0.05, 0) is 110 Å². The highest BCUT2D eigenvalue weighted by Crippen LogP contribution is 2.44. The number of ether oxygens (including phenoxy) is 2. The Morgan fingerprint density at radius 2 is 1.76 bits per heavy atom. The highest BCUT2D eigenvalue weighted by atomic mass is 19.1. The van der Waals surface area contributed by atoms with Crippen molar-refractivity contribution < 1.29 is 13.9 Å². The molecule has 234 valence electrons. The second-order valence-corrected chi connectivity index (χ2v) is 14.2. The van der Waals surface area contributed by atoms with E-state index in [0.717, 1.165) is 42.9 Å². The van der Waals surface area contributed by atoms with Crippen LogP contribution in [0.5, 0.6) is 0 Å². The van der Waals surface area contributed by atoms with Gasteiger partial charge in [0, 0.05) is 29.8 Å². The number of allylic oxidation sites excluding steroid dienone is 13. The molecule has 1 aromatic rings. The smallest absolute Gasteiger partial charge is 0.165 e. The molecule has 1 aromatic carbocycles. The first-order valence-corrected chi connectivity index (χ1v) is 16.9. The van der Waals surface area contributed by atoms with Crippen molar-refractivity contribution in [1.82, 2.24) is 0 Å². The van der Waals surface area contributed by atoms with Crippen LogP contribution in [0.2, 0.25) is 0 Å². The summed E-state index contributed by atoms with van der Waals surface area (Å²) in [5.41, 5.74) is 5.89. The van der Waals surface area contributed by atoms with Crippen molar-refractivity contribution in [2.24, 2.45) is 29.6 Å². The molecule has 0 spiro atoms. The number of anilines is 1. The minimum absolute atomic E-state index is 0.122. The van der Waals surface area contributed by atoms with E-state index in [2.05, 4.69) is 125 Å². The first-order valence-electron chi connectivity index (χ1n) is 16.9. The van der Waals surface area contributed by atoms with Gasteiger partial charge in [-0.3, -0.25) is 0 Å². The summed E-state index contributed by atoms with van der Waals surface area (Å²) in [6, 6.07) is 9.42. The van der Waals surface area contributed by atoms with Crippen LogP contribution in [-0.4, -0.2) is 17.7 Å². The first kappa shape index (κ1) is 29.9. The molecule has 45 heavy (non-hydrogen) atoms. The zero-order valence-corrected chi connectivity index (χ0v) is 27.2. The van der Waals surface area contributed by atoms with Crippen molar-refractivity contribution >= 4 is 11.3 Å². The van der Waals surface area contributed by atoms with Gasteiger partial charge in [0.05, 0.1) is 0 Å². The van der Waals surface area contributed by atoms with Crippen molar-refractivity contribution in [2.45, 2.75) is 78.0 Å². The number of hydrogen-bond donors (Lipinski definition) is 0. The largest absolute Gasteiger partial charge is 0.480 e. The molecule has 0 fully saturated rings. The standard InChI is InChI=1S/C41H46FNO2/c1-26-10-19-38-39(22-26)45-41(5)21-20-34(25-40(41)44-38)43(33-15-11-30(12-16-33)35-9-7-6-8-27(35)2)37-18-13-31(23-29(37)4)36-17-14-32(42)24-28(36)3/h6-7,9-12,14-17,19-21,23-29,36-37,40H,8,13,18,22H2,1-5H3. The van der Waals surface area contributed by atoms with Gasteiger partial charge in [0.1, 0.15) is 11.6 Å². The molecule has 8 unspecified atom stereocenters. The quantitative estimate of drug-likeness (QED) is 0.313. The monoisotopic (exact) mass is 603 g/mol. The van der Waals surface area contributed by atoms with E-state index < -0.39 is 5.60 Å². The molecule has 0 bridgehead atoms. The molecule has 0 saturated carbocycles. The molecule has 0 N–H and O–H groups in total. The van der Waals surface area contributed by atoms with E-state index in [-0.39, 0.29) is 29.8 Å². The zero-order chi connectivity index (χ0) is 31.3. The lowest BCUT2D eigenvalue weighted by Gasteiger charge is -2.46. The van der Waals surface area contributed by atoms with Gasteiger partial charge in [-0.15, -0.1) is 0 Å². The van der Waals surface area contributed by atoms with Crippen LogP contribution in [0.15, 0.2) is 126 Å². The van der Waals surface area contributed by atoms with Crippen molar-refractivity contribution in [1.29, 1.82) is 0 Å². The second-order valence-electron chi connectivity index (χ2n) is 14.2. The maximum Gasteiger partial charge on any atom is 0.165 e. The van der Waals surface area contributed by atoms with E-state index in [1.54, 1.807) is 12.2 Å².